The average Bonchev–Trinajstić information content (AvgIpc) is 3.29. The fourth-order valence-corrected chi connectivity index (χ4v) is 4.06. The van der Waals surface area contributed by atoms with Gasteiger partial charge in [-0.05, 0) is 36.1 Å². The molecule has 32 heavy (non-hydrogen) atoms. The Hall–Kier alpha value is -2.29. The van der Waals surface area contributed by atoms with Gasteiger partial charge in [0.1, 0.15) is 5.75 Å². The van der Waals surface area contributed by atoms with Gasteiger partial charge < -0.3 is 20.3 Å². The highest BCUT2D eigenvalue weighted by molar-refractivity contribution is 14.0. The third-order valence-electron chi connectivity index (χ3n) is 6.03. The molecule has 0 saturated heterocycles. The molecule has 1 fully saturated rings. The highest BCUT2D eigenvalue weighted by Crippen LogP contribution is 2.40. The van der Waals surface area contributed by atoms with E-state index in [0.717, 1.165) is 30.7 Å². The van der Waals surface area contributed by atoms with Crippen LogP contribution >= 0.6 is 24.0 Å². The summed E-state index contributed by atoms with van der Waals surface area (Å²) in [6.07, 6.45) is 4.79. The van der Waals surface area contributed by atoms with Crippen molar-refractivity contribution in [2.24, 2.45) is 4.99 Å². The molecule has 0 aliphatic heterocycles. The van der Waals surface area contributed by atoms with E-state index in [2.05, 4.69) is 41.0 Å². The van der Waals surface area contributed by atoms with Crippen LogP contribution in [0.25, 0.3) is 0 Å². The first-order chi connectivity index (χ1) is 15.0. The molecule has 2 aromatic rings. The van der Waals surface area contributed by atoms with Crippen LogP contribution in [0.2, 0.25) is 0 Å². The van der Waals surface area contributed by atoms with Crippen molar-refractivity contribution >= 4 is 35.8 Å². The molecule has 0 heterocycles. The van der Waals surface area contributed by atoms with Crippen molar-refractivity contribution in [3.05, 3.63) is 65.7 Å². The first-order valence-electron chi connectivity index (χ1n) is 10.9. The number of nitrogens with one attached hydrogen (secondary N) is 2. The Balaban J connectivity index is 0.00000363. The van der Waals surface area contributed by atoms with Gasteiger partial charge in [0, 0.05) is 26.1 Å². The van der Waals surface area contributed by atoms with Crippen molar-refractivity contribution in [3.63, 3.8) is 0 Å². The molecule has 1 aliphatic rings. The molecule has 0 aromatic heterocycles. The van der Waals surface area contributed by atoms with E-state index < -0.39 is 0 Å². The molecule has 0 unspecified atom stereocenters. The molecule has 2 N–H and O–H groups in total. The minimum absolute atomic E-state index is 0. The monoisotopic (exact) mass is 550 g/mol. The number of benzene rings is 2. The van der Waals surface area contributed by atoms with Gasteiger partial charge in [-0.15, -0.1) is 24.0 Å². The predicted molar refractivity (Wildman–Crippen MR) is 141 cm³/mol. The van der Waals surface area contributed by atoms with Crippen LogP contribution in [0, 0.1) is 0 Å². The number of likely N-dealkylation sites (N-methyl/N-ethyl adjacent to an activating group) is 1. The summed E-state index contributed by atoms with van der Waals surface area (Å²) in [4.78, 5) is 18.4. The number of guanidine groups is 1. The third-order valence-corrected chi connectivity index (χ3v) is 6.03. The van der Waals surface area contributed by atoms with Crippen LogP contribution in [0.3, 0.4) is 0 Å². The maximum absolute atomic E-state index is 12.1. The molecule has 0 radical (unpaired) electrons. The van der Waals surface area contributed by atoms with Gasteiger partial charge in [0.2, 0.25) is 5.91 Å². The van der Waals surface area contributed by atoms with Crippen LogP contribution in [0.15, 0.2) is 59.6 Å². The molecule has 1 saturated carbocycles. The number of ether oxygens (including phenoxy) is 1. The number of hydrogen-bond donors (Lipinski definition) is 2. The second-order valence-electron chi connectivity index (χ2n) is 8.36. The Morgan fingerprint density at radius 2 is 1.69 bits per heavy atom. The van der Waals surface area contributed by atoms with E-state index in [1.54, 1.807) is 26.1 Å². The summed E-state index contributed by atoms with van der Waals surface area (Å²) in [7, 11) is 5.18. The summed E-state index contributed by atoms with van der Waals surface area (Å²) in [6.45, 7) is 1.52. The van der Waals surface area contributed by atoms with Crippen LogP contribution in [-0.2, 0) is 16.8 Å². The standard InChI is InChI=1S/C25H34N4O2.HI/c1-29(2)23(30)18-27-24(26-17-20-11-13-22(31-3)14-12-20)28-19-25(15-7-8-16-25)21-9-5-4-6-10-21;/h4-6,9-14H,7-8,15-19H2,1-3H3,(H2,26,27,28);1H. The van der Waals surface area contributed by atoms with E-state index in [1.165, 1.54) is 18.4 Å². The molecule has 1 amide bonds. The minimum atomic E-state index is 0. The fourth-order valence-electron chi connectivity index (χ4n) is 4.06. The number of carbonyl (C=O) groups is 1. The second kappa shape index (κ2) is 12.7. The van der Waals surface area contributed by atoms with Crippen molar-refractivity contribution in [1.29, 1.82) is 0 Å². The molecule has 0 bridgehead atoms. The van der Waals surface area contributed by atoms with E-state index >= 15 is 0 Å². The highest BCUT2D eigenvalue weighted by atomic mass is 127. The van der Waals surface area contributed by atoms with Gasteiger partial charge >= 0.3 is 0 Å². The molecule has 0 spiro atoms. The number of amides is 1. The number of halogens is 1. The van der Waals surface area contributed by atoms with E-state index in [9.17, 15) is 4.79 Å². The zero-order valence-corrected chi connectivity index (χ0v) is 21.6. The maximum atomic E-state index is 12.1. The average molecular weight is 550 g/mol. The molecule has 174 valence electrons. The van der Waals surface area contributed by atoms with E-state index in [0.29, 0.717) is 12.5 Å². The fraction of sp³-hybridized carbons (Fsp3) is 0.440. The number of hydrogen-bond acceptors (Lipinski definition) is 3. The van der Waals surface area contributed by atoms with E-state index in [4.69, 9.17) is 9.73 Å². The van der Waals surface area contributed by atoms with Gasteiger partial charge in [-0.2, -0.15) is 0 Å². The van der Waals surface area contributed by atoms with Gasteiger partial charge in [-0.3, -0.25) is 4.79 Å². The van der Waals surface area contributed by atoms with Crippen LogP contribution in [0.4, 0.5) is 0 Å². The van der Waals surface area contributed by atoms with Gasteiger partial charge in [-0.1, -0.05) is 55.3 Å². The highest BCUT2D eigenvalue weighted by Gasteiger charge is 2.35. The van der Waals surface area contributed by atoms with E-state index in [1.807, 2.05) is 24.3 Å². The summed E-state index contributed by atoms with van der Waals surface area (Å²) >= 11 is 0. The lowest BCUT2D eigenvalue weighted by Gasteiger charge is -2.31. The zero-order chi connectivity index (χ0) is 22.1. The van der Waals surface area contributed by atoms with Gasteiger partial charge in [0.15, 0.2) is 5.96 Å². The lowest BCUT2D eigenvalue weighted by molar-refractivity contribution is -0.127. The van der Waals surface area contributed by atoms with Crippen molar-refractivity contribution in [1.82, 2.24) is 15.5 Å². The second-order valence-corrected chi connectivity index (χ2v) is 8.36. The smallest absolute Gasteiger partial charge is 0.241 e. The van der Waals surface area contributed by atoms with Crippen molar-refractivity contribution in [3.8, 4) is 5.75 Å². The molecule has 2 aromatic carbocycles. The van der Waals surface area contributed by atoms with Crippen LogP contribution < -0.4 is 15.4 Å². The van der Waals surface area contributed by atoms with Crippen LogP contribution in [0.5, 0.6) is 5.75 Å². The molecular weight excluding hydrogens is 515 g/mol. The summed E-state index contributed by atoms with van der Waals surface area (Å²) in [5.74, 6) is 1.50. The molecule has 0 atom stereocenters. The van der Waals surface area contributed by atoms with Crippen LogP contribution in [-0.4, -0.2) is 51.1 Å². The largest absolute Gasteiger partial charge is 0.497 e. The Bertz CT molecular complexity index is 863. The van der Waals surface area contributed by atoms with Crippen LogP contribution in [0.1, 0.15) is 36.8 Å². The molecule has 7 heteroatoms. The number of nitrogens with zero attached hydrogens (tertiary/aromatic N) is 2. The topological polar surface area (TPSA) is 66.0 Å². The summed E-state index contributed by atoms with van der Waals surface area (Å²) < 4.78 is 5.23. The predicted octanol–water partition coefficient (Wildman–Crippen LogP) is 3.95. The lowest BCUT2D eigenvalue weighted by Crippen LogP contribution is -2.47. The van der Waals surface area contributed by atoms with Crippen molar-refractivity contribution in [2.45, 2.75) is 37.6 Å². The number of aliphatic imine (C=N–C) groups is 1. The van der Waals surface area contributed by atoms with Gasteiger partial charge in [0.05, 0.1) is 20.2 Å². The minimum Gasteiger partial charge on any atom is -0.497 e. The van der Waals surface area contributed by atoms with E-state index in [-0.39, 0.29) is 41.8 Å². The maximum Gasteiger partial charge on any atom is 0.241 e. The Morgan fingerprint density at radius 1 is 1.03 bits per heavy atom. The third kappa shape index (κ3) is 7.12. The SMILES string of the molecule is COc1ccc(CN=C(NCC(=O)N(C)C)NCC2(c3ccccc3)CCCC2)cc1.I. The van der Waals surface area contributed by atoms with Gasteiger partial charge in [-0.25, -0.2) is 4.99 Å². The number of carbonyl (C=O) groups excluding carboxylic acids is 1. The Labute approximate surface area is 208 Å². The summed E-state index contributed by atoms with van der Waals surface area (Å²) in [6, 6.07) is 18.6. The van der Waals surface area contributed by atoms with Crippen molar-refractivity contribution < 1.29 is 9.53 Å². The molecular formula is C25H35IN4O2. The number of rotatable bonds is 8. The van der Waals surface area contributed by atoms with Gasteiger partial charge in [0.25, 0.3) is 0 Å². The zero-order valence-electron chi connectivity index (χ0n) is 19.3. The van der Waals surface area contributed by atoms with Crippen molar-refractivity contribution in [2.75, 3.05) is 34.3 Å². The number of methoxy groups -OCH3 is 1. The first kappa shape index (κ1) is 26.0. The summed E-state index contributed by atoms with van der Waals surface area (Å²) in [5.41, 5.74) is 2.56. The lowest BCUT2D eigenvalue weighted by atomic mass is 9.79. The molecule has 6 nitrogen and oxygen atoms in total. The Kier molecular flexibility index (Phi) is 10.3. The first-order valence-corrected chi connectivity index (χ1v) is 10.9. The summed E-state index contributed by atoms with van der Waals surface area (Å²) in [5, 5.41) is 6.74. The molecule has 3 rings (SSSR count). The Morgan fingerprint density at radius 3 is 2.28 bits per heavy atom. The normalized spacial score (nSPS) is 14.9. The molecule has 1 aliphatic carbocycles. The quantitative estimate of drug-likeness (QED) is 0.297.